The first-order valence-corrected chi connectivity index (χ1v) is 5.39. The summed E-state index contributed by atoms with van der Waals surface area (Å²) in [4.78, 5) is 11.0. The molecule has 2 rings (SSSR count). The van der Waals surface area contributed by atoms with Gasteiger partial charge in [0, 0.05) is 0 Å². The van der Waals surface area contributed by atoms with Crippen molar-refractivity contribution in [1.29, 1.82) is 0 Å². The lowest BCUT2D eigenvalue weighted by Gasteiger charge is -2.12. The van der Waals surface area contributed by atoms with Crippen molar-refractivity contribution < 1.29 is 9.53 Å². The molecule has 1 aromatic rings. The Morgan fingerprint density at radius 2 is 2.20 bits per heavy atom. The minimum atomic E-state index is -0.195. The maximum Gasteiger partial charge on any atom is 0.130 e. The van der Waals surface area contributed by atoms with Crippen LogP contribution in [0.3, 0.4) is 0 Å². The highest BCUT2D eigenvalue weighted by Gasteiger charge is 2.44. The Kier molecular flexibility index (Phi) is 2.51. The molecule has 15 heavy (non-hydrogen) atoms. The third kappa shape index (κ3) is 1.65. The molecule has 0 amide bonds. The van der Waals surface area contributed by atoms with Crippen LogP contribution in [0.4, 0.5) is 0 Å². The van der Waals surface area contributed by atoms with Crippen molar-refractivity contribution in [2.45, 2.75) is 31.6 Å². The molecule has 1 saturated carbocycles. The van der Waals surface area contributed by atoms with E-state index in [4.69, 9.17) is 4.74 Å². The van der Waals surface area contributed by atoms with E-state index in [1.54, 1.807) is 7.11 Å². The zero-order valence-electron chi connectivity index (χ0n) is 9.25. The van der Waals surface area contributed by atoms with Crippen molar-refractivity contribution >= 4 is 6.29 Å². The average Bonchev–Trinajstić information content (AvgIpc) is 3.09. The highest BCUT2D eigenvalue weighted by molar-refractivity contribution is 5.73. The minimum Gasteiger partial charge on any atom is -0.496 e. The Balaban J connectivity index is 2.39. The molecule has 0 radical (unpaired) electrons. The van der Waals surface area contributed by atoms with Gasteiger partial charge in [-0.05, 0) is 36.5 Å². The van der Waals surface area contributed by atoms with Gasteiger partial charge in [-0.1, -0.05) is 19.1 Å². The summed E-state index contributed by atoms with van der Waals surface area (Å²) in [6.07, 6.45) is 3.99. The summed E-state index contributed by atoms with van der Waals surface area (Å²) in [5.74, 6) is 0.906. The number of aldehydes is 1. The number of benzene rings is 1. The van der Waals surface area contributed by atoms with Crippen molar-refractivity contribution in [3.05, 3.63) is 29.3 Å². The second-order valence-corrected chi connectivity index (χ2v) is 4.15. The summed E-state index contributed by atoms with van der Waals surface area (Å²) in [7, 11) is 1.68. The van der Waals surface area contributed by atoms with Crippen molar-refractivity contribution in [3.8, 4) is 5.75 Å². The number of hydrogen-bond donors (Lipinski definition) is 0. The Morgan fingerprint density at radius 1 is 1.47 bits per heavy atom. The number of rotatable bonds is 4. The van der Waals surface area contributed by atoms with Crippen molar-refractivity contribution in [1.82, 2.24) is 0 Å². The zero-order chi connectivity index (χ0) is 10.9. The van der Waals surface area contributed by atoms with Crippen LogP contribution >= 0.6 is 0 Å². The van der Waals surface area contributed by atoms with Gasteiger partial charge in [0.2, 0.25) is 0 Å². The van der Waals surface area contributed by atoms with E-state index in [0.717, 1.165) is 36.9 Å². The summed E-state index contributed by atoms with van der Waals surface area (Å²) in [6, 6.07) is 6.14. The minimum absolute atomic E-state index is 0.195. The molecule has 2 heteroatoms. The van der Waals surface area contributed by atoms with Gasteiger partial charge in [-0.15, -0.1) is 0 Å². The normalized spacial score (nSPS) is 17.2. The number of carbonyl (C=O) groups is 1. The molecule has 2 nitrogen and oxygen atoms in total. The van der Waals surface area contributed by atoms with Crippen LogP contribution in [0.1, 0.15) is 30.9 Å². The van der Waals surface area contributed by atoms with Crippen LogP contribution in [-0.2, 0) is 16.6 Å². The summed E-state index contributed by atoms with van der Waals surface area (Å²) in [5, 5.41) is 0. The molecule has 0 spiro atoms. The first kappa shape index (κ1) is 10.2. The molecule has 80 valence electrons. The number of ether oxygens (including phenoxy) is 1. The highest BCUT2D eigenvalue weighted by atomic mass is 16.5. The van der Waals surface area contributed by atoms with Crippen LogP contribution in [0.2, 0.25) is 0 Å². The number of methoxy groups -OCH3 is 1. The first-order valence-electron chi connectivity index (χ1n) is 5.39. The third-order valence-corrected chi connectivity index (χ3v) is 3.26. The topological polar surface area (TPSA) is 26.3 Å². The van der Waals surface area contributed by atoms with Gasteiger partial charge in [0.15, 0.2) is 0 Å². The van der Waals surface area contributed by atoms with Gasteiger partial charge < -0.3 is 9.53 Å². The molecule has 1 aromatic carbocycles. The van der Waals surface area contributed by atoms with E-state index in [9.17, 15) is 4.79 Å². The third-order valence-electron chi connectivity index (χ3n) is 3.26. The van der Waals surface area contributed by atoms with Crippen LogP contribution in [0.15, 0.2) is 18.2 Å². The maximum atomic E-state index is 11.0. The van der Waals surface area contributed by atoms with Gasteiger partial charge in [-0.2, -0.15) is 0 Å². The summed E-state index contributed by atoms with van der Waals surface area (Å²) >= 11 is 0. The van der Waals surface area contributed by atoms with E-state index in [-0.39, 0.29) is 5.41 Å². The lowest BCUT2D eigenvalue weighted by atomic mass is 9.95. The smallest absolute Gasteiger partial charge is 0.130 e. The predicted octanol–water partition coefficient (Wildman–Crippen LogP) is 2.49. The summed E-state index contributed by atoms with van der Waals surface area (Å²) in [5.41, 5.74) is 2.11. The first-order chi connectivity index (χ1) is 7.25. The molecule has 1 aliphatic carbocycles. The molecular formula is C13H16O2. The highest BCUT2D eigenvalue weighted by Crippen LogP contribution is 2.47. The molecule has 0 aromatic heterocycles. The van der Waals surface area contributed by atoms with E-state index >= 15 is 0 Å². The van der Waals surface area contributed by atoms with E-state index in [1.165, 1.54) is 5.56 Å². The number of hydrogen-bond acceptors (Lipinski definition) is 2. The van der Waals surface area contributed by atoms with Crippen molar-refractivity contribution in [3.63, 3.8) is 0 Å². The molecule has 1 fully saturated rings. The molecule has 0 atom stereocenters. The van der Waals surface area contributed by atoms with Gasteiger partial charge in [0.25, 0.3) is 0 Å². The average molecular weight is 204 g/mol. The molecule has 1 aliphatic rings. The van der Waals surface area contributed by atoms with Crippen LogP contribution in [-0.4, -0.2) is 13.4 Å². The fourth-order valence-corrected chi connectivity index (χ4v) is 1.96. The van der Waals surface area contributed by atoms with Crippen molar-refractivity contribution in [2.24, 2.45) is 0 Å². The largest absolute Gasteiger partial charge is 0.496 e. The Labute approximate surface area is 90.3 Å². The quantitative estimate of drug-likeness (QED) is 0.704. The van der Waals surface area contributed by atoms with Crippen LogP contribution in [0, 0.1) is 0 Å². The van der Waals surface area contributed by atoms with E-state index in [0.29, 0.717) is 0 Å². The molecule has 0 aliphatic heterocycles. The van der Waals surface area contributed by atoms with Gasteiger partial charge in [0.05, 0.1) is 12.5 Å². The number of carbonyl (C=O) groups excluding carboxylic acids is 1. The monoisotopic (exact) mass is 204 g/mol. The van der Waals surface area contributed by atoms with Crippen LogP contribution < -0.4 is 4.74 Å². The summed E-state index contributed by atoms with van der Waals surface area (Å²) < 4.78 is 5.33. The number of aryl methyl sites for hydroxylation is 1. The van der Waals surface area contributed by atoms with Gasteiger partial charge >= 0.3 is 0 Å². The van der Waals surface area contributed by atoms with Crippen LogP contribution in [0.25, 0.3) is 0 Å². The van der Waals surface area contributed by atoms with Gasteiger partial charge in [0.1, 0.15) is 12.0 Å². The van der Waals surface area contributed by atoms with E-state index < -0.39 is 0 Å². The lowest BCUT2D eigenvalue weighted by Crippen LogP contribution is -2.08. The fraction of sp³-hybridized carbons (Fsp3) is 0.462. The predicted molar refractivity (Wildman–Crippen MR) is 59.3 cm³/mol. The Bertz CT molecular complexity index is 378. The maximum absolute atomic E-state index is 11.0. The molecule has 0 N–H and O–H groups in total. The Hall–Kier alpha value is -1.31. The van der Waals surface area contributed by atoms with Crippen LogP contribution in [0.5, 0.6) is 5.75 Å². The second-order valence-electron chi connectivity index (χ2n) is 4.15. The zero-order valence-corrected chi connectivity index (χ0v) is 9.25. The molecule has 0 unspecified atom stereocenters. The fourth-order valence-electron chi connectivity index (χ4n) is 1.96. The second kappa shape index (κ2) is 3.69. The van der Waals surface area contributed by atoms with Crippen molar-refractivity contribution in [2.75, 3.05) is 7.11 Å². The standard InChI is InChI=1S/C13H16O2/c1-3-10-4-5-11(8-12(10)15-2)13(9-14)6-7-13/h4-5,8-9H,3,6-7H2,1-2H3. The van der Waals surface area contributed by atoms with Gasteiger partial charge in [-0.25, -0.2) is 0 Å². The molecule has 0 saturated heterocycles. The lowest BCUT2D eigenvalue weighted by molar-refractivity contribution is -0.109. The van der Waals surface area contributed by atoms with E-state index in [1.807, 2.05) is 6.07 Å². The molecule has 0 bridgehead atoms. The van der Waals surface area contributed by atoms with E-state index in [2.05, 4.69) is 19.1 Å². The SMILES string of the molecule is CCc1ccc(C2(C=O)CC2)cc1OC. The van der Waals surface area contributed by atoms with Gasteiger partial charge in [-0.3, -0.25) is 0 Å². The molecular weight excluding hydrogens is 188 g/mol. The Morgan fingerprint density at radius 3 is 2.67 bits per heavy atom. The molecule has 0 heterocycles. The summed E-state index contributed by atoms with van der Waals surface area (Å²) in [6.45, 7) is 2.10.